The van der Waals surface area contributed by atoms with E-state index in [9.17, 15) is 10.1 Å². The molecule has 0 saturated heterocycles. The van der Waals surface area contributed by atoms with Crippen LogP contribution in [-0.2, 0) is 6.54 Å². The van der Waals surface area contributed by atoms with Crippen molar-refractivity contribution in [3.05, 3.63) is 62.9 Å². The van der Waals surface area contributed by atoms with E-state index in [0.717, 1.165) is 5.69 Å². The van der Waals surface area contributed by atoms with E-state index in [-0.39, 0.29) is 17.0 Å². The number of pyridine rings is 1. The first kappa shape index (κ1) is 21.3. The second-order valence-corrected chi connectivity index (χ2v) is 7.36. The van der Waals surface area contributed by atoms with E-state index in [4.69, 9.17) is 19.9 Å². The highest BCUT2D eigenvalue weighted by molar-refractivity contribution is 5.59. The van der Waals surface area contributed by atoms with Gasteiger partial charge in [0.25, 0.3) is 5.56 Å². The number of nitrogens with two attached hydrogens (primary N) is 1. The Morgan fingerprint density at radius 2 is 2.00 bits per heavy atom. The number of rotatable bonds is 6. The minimum atomic E-state index is -0.734. The zero-order chi connectivity index (χ0) is 22.0. The number of hydrogen-bond donors (Lipinski definition) is 1. The number of hydrogen-bond acceptors (Lipinski definition) is 7. The number of nitrogens with zero attached hydrogens (tertiary/aromatic N) is 3. The molecule has 0 fully saturated rings. The predicted molar refractivity (Wildman–Crippen MR) is 113 cm³/mol. The predicted octanol–water partition coefficient (Wildman–Crippen LogP) is 1.95. The Hall–Kier alpha value is -3.44. The summed E-state index contributed by atoms with van der Waals surface area (Å²) in [6, 6.07) is 9.16. The molecule has 8 nitrogen and oxygen atoms in total. The van der Waals surface area contributed by atoms with Crippen molar-refractivity contribution in [2.45, 2.75) is 19.4 Å². The lowest BCUT2D eigenvalue weighted by Crippen LogP contribution is -2.34. The van der Waals surface area contributed by atoms with Crippen molar-refractivity contribution < 1.29 is 14.2 Å². The fourth-order valence-electron chi connectivity index (χ4n) is 3.64. The summed E-state index contributed by atoms with van der Waals surface area (Å²) in [5.41, 5.74) is 7.74. The van der Waals surface area contributed by atoms with E-state index in [2.05, 4.69) is 6.07 Å². The fourth-order valence-corrected chi connectivity index (χ4v) is 3.64. The van der Waals surface area contributed by atoms with Gasteiger partial charge >= 0.3 is 0 Å². The Bertz CT molecular complexity index is 1100. The van der Waals surface area contributed by atoms with E-state index >= 15 is 0 Å². The number of likely N-dealkylation sites (N-methyl/N-ethyl adjacent to an activating group) is 1. The van der Waals surface area contributed by atoms with Crippen molar-refractivity contribution in [2.24, 2.45) is 5.73 Å². The van der Waals surface area contributed by atoms with Gasteiger partial charge in [0.1, 0.15) is 28.9 Å². The highest BCUT2D eigenvalue weighted by Gasteiger charge is 2.36. The van der Waals surface area contributed by atoms with Gasteiger partial charge in [-0.25, -0.2) is 0 Å². The van der Waals surface area contributed by atoms with Crippen LogP contribution in [0.2, 0.25) is 0 Å². The van der Waals surface area contributed by atoms with Crippen LogP contribution in [0.25, 0.3) is 0 Å². The van der Waals surface area contributed by atoms with E-state index in [1.165, 1.54) is 7.11 Å². The number of nitriles is 1. The summed E-state index contributed by atoms with van der Waals surface area (Å²) in [5, 5.41) is 9.84. The maximum absolute atomic E-state index is 13.6. The molecule has 8 heteroatoms. The standard InChI is InChI=1S/C22H26N4O4/c1-13-10-18-20(22(27)26(13)9-8-25(2)3)19(16(12-23)21(24)30-18)15-11-14(28-4)6-7-17(15)29-5/h6-7,10-11,19H,8-9,24H2,1-5H3. The maximum Gasteiger partial charge on any atom is 0.258 e. The summed E-state index contributed by atoms with van der Waals surface area (Å²) in [7, 11) is 6.98. The smallest absolute Gasteiger partial charge is 0.258 e. The first-order chi connectivity index (χ1) is 14.3. The third-order valence-electron chi connectivity index (χ3n) is 5.21. The molecule has 1 aromatic carbocycles. The van der Waals surface area contributed by atoms with Crippen molar-refractivity contribution in [2.75, 3.05) is 34.9 Å². The summed E-state index contributed by atoms with van der Waals surface area (Å²) in [6.07, 6.45) is 0. The average molecular weight is 410 g/mol. The lowest BCUT2D eigenvalue weighted by molar-refractivity contribution is 0.367. The van der Waals surface area contributed by atoms with Gasteiger partial charge in [-0.1, -0.05) is 0 Å². The van der Waals surface area contributed by atoms with Crippen LogP contribution >= 0.6 is 0 Å². The summed E-state index contributed by atoms with van der Waals surface area (Å²) in [5.74, 6) is 0.695. The molecule has 30 heavy (non-hydrogen) atoms. The van der Waals surface area contributed by atoms with E-state index in [1.807, 2.05) is 25.9 Å². The van der Waals surface area contributed by atoms with Crippen LogP contribution in [0.3, 0.4) is 0 Å². The molecule has 1 unspecified atom stereocenters. The number of allylic oxidation sites excluding steroid dienone is 1. The topological polar surface area (TPSA) is 103 Å². The highest BCUT2D eigenvalue weighted by atomic mass is 16.5. The zero-order valence-electron chi connectivity index (χ0n) is 17.9. The molecule has 0 saturated carbocycles. The number of aryl methyl sites for hydroxylation is 1. The number of aromatic nitrogens is 1. The van der Waals surface area contributed by atoms with Crippen LogP contribution in [0.1, 0.15) is 22.7 Å². The summed E-state index contributed by atoms with van der Waals surface area (Å²) >= 11 is 0. The molecule has 0 aliphatic carbocycles. The van der Waals surface area contributed by atoms with Crippen LogP contribution in [0.5, 0.6) is 17.2 Å². The van der Waals surface area contributed by atoms with Gasteiger partial charge in [-0.15, -0.1) is 0 Å². The quantitative estimate of drug-likeness (QED) is 0.776. The Balaban J connectivity index is 2.31. The maximum atomic E-state index is 13.6. The van der Waals surface area contributed by atoms with Crippen LogP contribution in [0, 0.1) is 18.3 Å². The fraction of sp³-hybridized carbons (Fsp3) is 0.364. The molecular formula is C22H26N4O4. The SMILES string of the molecule is COc1ccc(OC)c(C2C(C#N)=C(N)Oc3cc(C)n(CCN(C)C)c(=O)c32)c1. The molecule has 2 heterocycles. The Labute approximate surface area is 175 Å². The number of ether oxygens (including phenoxy) is 3. The molecule has 0 spiro atoms. The molecule has 1 aliphatic heterocycles. The minimum absolute atomic E-state index is 0.0234. The van der Waals surface area contributed by atoms with Crippen molar-refractivity contribution >= 4 is 0 Å². The van der Waals surface area contributed by atoms with Gasteiger partial charge in [-0.3, -0.25) is 4.79 Å². The van der Waals surface area contributed by atoms with Gasteiger partial charge in [0.05, 0.1) is 25.7 Å². The highest BCUT2D eigenvalue weighted by Crippen LogP contribution is 2.44. The first-order valence-electron chi connectivity index (χ1n) is 9.50. The van der Waals surface area contributed by atoms with Crippen molar-refractivity contribution in [1.82, 2.24) is 9.47 Å². The molecule has 1 atom stereocenters. The minimum Gasteiger partial charge on any atom is -0.497 e. The molecule has 0 bridgehead atoms. The van der Waals surface area contributed by atoms with Gasteiger partial charge in [-0.05, 0) is 39.2 Å². The first-order valence-corrected chi connectivity index (χ1v) is 9.50. The molecule has 1 aliphatic rings. The molecule has 2 aromatic rings. The van der Waals surface area contributed by atoms with E-state index in [1.54, 1.807) is 35.9 Å². The molecule has 2 N–H and O–H groups in total. The zero-order valence-corrected chi connectivity index (χ0v) is 17.9. The summed E-state index contributed by atoms with van der Waals surface area (Å²) in [6.45, 7) is 3.05. The molecule has 0 amide bonds. The number of methoxy groups -OCH3 is 2. The second-order valence-electron chi connectivity index (χ2n) is 7.36. The van der Waals surface area contributed by atoms with E-state index in [0.29, 0.717) is 41.5 Å². The summed E-state index contributed by atoms with van der Waals surface area (Å²) < 4.78 is 18.3. The second kappa shape index (κ2) is 8.51. The van der Waals surface area contributed by atoms with Gasteiger partial charge in [-0.2, -0.15) is 5.26 Å². The third kappa shape index (κ3) is 3.72. The molecule has 0 radical (unpaired) electrons. The molecule has 3 rings (SSSR count). The lowest BCUT2D eigenvalue weighted by Gasteiger charge is -2.28. The van der Waals surface area contributed by atoms with Crippen molar-refractivity contribution in [3.63, 3.8) is 0 Å². The Kier molecular flexibility index (Phi) is 6.04. The number of fused-ring (bicyclic) bond motifs is 1. The molecule has 1 aromatic heterocycles. The Morgan fingerprint density at radius 3 is 2.60 bits per heavy atom. The molecule has 158 valence electrons. The number of benzene rings is 1. The lowest BCUT2D eigenvalue weighted by atomic mass is 9.83. The van der Waals surface area contributed by atoms with Gasteiger partial charge < -0.3 is 29.4 Å². The monoisotopic (exact) mass is 410 g/mol. The average Bonchev–Trinajstić information content (AvgIpc) is 2.71. The third-order valence-corrected chi connectivity index (χ3v) is 5.21. The van der Waals surface area contributed by atoms with Crippen LogP contribution in [0.15, 0.2) is 40.5 Å². The Morgan fingerprint density at radius 1 is 1.27 bits per heavy atom. The van der Waals surface area contributed by atoms with Gasteiger partial charge in [0.2, 0.25) is 5.88 Å². The van der Waals surface area contributed by atoms with Gasteiger partial charge in [0.15, 0.2) is 0 Å². The summed E-state index contributed by atoms with van der Waals surface area (Å²) in [4.78, 5) is 15.6. The largest absolute Gasteiger partial charge is 0.497 e. The normalized spacial score (nSPS) is 15.4. The van der Waals surface area contributed by atoms with Crippen LogP contribution < -0.4 is 25.5 Å². The molecular weight excluding hydrogens is 384 g/mol. The van der Waals surface area contributed by atoms with Crippen molar-refractivity contribution in [3.8, 4) is 23.3 Å². The van der Waals surface area contributed by atoms with Gasteiger partial charge in [0, 0.05) is 30.4 Å². The van der Waals surface area contributed by atoms with E-state index < -0.39 is 5.92 Å². The van der Waals surface area contributed by atoms with Crippen LogP contribution in [0.4, 0.5) is 0 Å². The van der Waals surface area contributed by atoms with Crippen molar-refractivity contribution in [1.29, 1.82) is 5.26 Å². The van der Waals surface area contributed by atoms with Crippen LogP contribution in [-0.4, -0.2) is 44.3 Å².